The molecule has 1 atom stereocenters. The smallest absolute Gasteiger partial charge is 0.339 e. The highest BCUT2D eigenvalue weighted by atomic mass is 16.5. The lowest BCUT2D eigenvalue weighted by atomic mass is 9.96. The Morgan fingerprint density at radius 3 is 2.19 bits per heavy atom. The van der Waals surface area contributed by atoms with Crippen molar-refractivity contribution in [1.82, 2.24) is 0 Å². The molecule has 0 saturated heterocycles. The number of hydrogen-bond acceptors (Lipinski definition) is 5. The van der Waals surface area contributed by atoms with E-state index in [0.717, 1.165) is 0 Å². The van der Waals surface area contributed by atoms with Gasteiger partial charge in [-0.25, -0.2) is 4.79 Å². The lowest BCUT2D eigenvalue weighted by Gasteiger charge is -2.15. The Bertz CT molecular complexity index is 1180. The van der Waals surface area contributed by atoms with Crippen LogP contribution in [0.5, 0.6) is 0 Å². The number of carbonyl (C=O) groups is 3. The van der Waals surface area contributed by atoms with Crippen LogP contribution in [0, 0.1) is 11.3 Å². The van der Waals surface area contributed by atoms with Crippen molar-refractivity contribution in [1.29, 1.82) is 5.26 Å². The van der Waals surface area contributed by atoms with Crippen LogP contribution >= 0.6 is 0 Å². The molecule has 7 heteroatoms. The maximum absolute atomic E-state index is 12.8. The number of nitriles is 1. The number of esters is 1. The minimum atomic E-state index is -1.08. The van der Waals surface area contributed by atoms with Gasteiger partial charge in [-0.2, -0.15) is 5.26 Å². The number of primary amides is 1. The highest BCUT2D eigenvalue weighted by Gasteiger charge is 2.22. The highest BCUT2D eigenvalue weighted by molar-refractivity contribution is 6.01. The lowest BCUT2D eigenvalue weighted by Crippen LogP contribution is -2.30. The summed E-state index contributed by atoms with van der Waals surface area (Å²) in [7, 11) is 0. The Morgan fingerprint density at radius 1 is 0.935 bits per heavy atom. The van der Waals surface area contributed by atoms with E-state index >= 15 is 0 Å². The quantitative estimate of drug-likeness (QED) is 0.599. The van der Waals surface area contributed by atoms with Gasteiger partial charge in [0.2, 0.25) is 5.91 Å². The van der Waals surface area contributed by atoms with Gasteiger partial charge < -0.3 is 15.8 Å². The van der Waals surface area contributed by atoms with Crippen molar-refractivity contribution in [3.05, 3.63) is 89.5 Å². The minimum absolute atomic E-state index is 0.246. The number of hydrogen-bond donors (Lipinski definition) is 2. The Balaban J connectivity index is 1.75. The van der Waals surface area contributed by atoms with E-state index in [1.54, 1.807) is 48.5 Å². The SMILES string of the molecule is C[C@H](OC(=O)c1ccccc1-c1ccccc1C#N)C(=O)Nc1ccc(C(N)=O)cc1. The zero-order valence-electron chi connectivity index (χ0n) is 16.7. The summed E-state index contributed by atoms with van der Waals surface area (Å²) in [6, 6.07) is 21.8. The fourth-order valence-corrected chi connectivity index (χ4v) is 2.95. The van der Waals surface area contributed by atoms with E-state index in [2.05, 4.69) is 11.4 Å². The first-order valence-corrected chi connectivity index (χ1v) is 9.41. The first kappa shape index (κ1) is 21.3. The molecule has 154 valence electrons. The number of amides is 2. The molecule has 3 rings (SSSR count). The number of nitrogens with zero attached hydrogens (tertiary/aromatic N) is 1. The number of benzene rings is 3. The summed E-state index contributed by atoms with van der Waals surface area (Å²) in [5.41, 5.74) is 7.75. The third-order valence-electron chi connectivity index (χ3n) is 4.57. The van der Waals surface area contributed by atoms with Crippen molar-refractivity contribution >= 4 is 23.5 Å². The van der Waals surface area contributed by atoms with Crippen LogP contribution in [-0.2, 0) is 9.53 Å². The molecule has 0 aromatic heterocycles. The first-order chi connectivity index (χ1) is 14.9. The number of nitrogens with two attached hydrogens (primary N) is 1. The zero-order valence-corrected chi connectivity index (χ0v) is 16.7. The molecule has 0 aliphatic rings. The molecule has 3 N–H and O–H groups in total. The molecular formula is C24H19N3O4. The molecule has 0 bridgehead atoms. The van der Waals surface area contributed by atoms with E-state index in [1.807, 2.05) is 0 Å². The summed E-state index contributed by atoms with van der Waals surface area (Å²) in [6.45, 7) is 1.46. The van der Waals surface area contributed by atoms with Gasteiger partial charge in [-0.3, -0.25) is 9.59 Å². The molecule has 0 saturated carbocycles. The largest absolute Gasteiger partial charge is 0.449 e. The average Bonchev–Trinajstić information content (AvgIpc) is 2.79. The number of ether oxygens (including phenoxy) is 1. The van der Waals surface area contributed by atoms with Crippen molar-refractivity contribution in [2.75, 3.05) is 5.32 Å². The molecule has 0 spiro atoms. The molecule has 0 unspecified atom stereocenters. The predicted octanol–water partition coefficient (Wildman–Crippen LogP) is 3.51. The topological polar surface area (TPSA) is 122 Å². The summed E-state index contributed by atoms with van der Waals surface area (Å²) in [5.74, 6) is -1.79. The second-order valence-electron chi connectivity index (χ2n) is 6.68. The number of rotatable bonds is 6. The maximum Gasteiger partial charge on any atom is 0.339 e. The minimum Gasteiger partial charge on any atom is -0.449 e. The summed E-state index contributed by atoms with van der Waals surface area (Å²) < 4.78 is 5.36. The molecule has 3 aromatic rings. The van der Waals surface area contributed by atoms with Crippen molar-refractivity contribution in [2.45, 2.75) is 13.0 Å². The van der Waals surface area contributed by atoms with Crippen molar-refractivity contribution in [3.63, 3.8) is 0 Å². The van der Waals surface area contributed by atoms with Gasteiger partial charge in [-0.05, 0) is 48.9 Å². The van der Waals surface area contributed by atoms with E-state index in [9.17, 15) is 19.6 Å². The number of nitrogens with one attached hydrogen (secondary N) is 1. The van der Waals surface area contributed by atoms with E-state index in [4.69, 9.17) is 10.5 Å². The molecule has 0 fully saturated rings. The van der Waals surface area contributed by atoms with Crippen molar-refractivity contribution < 1.29 is 19.1 Å². The summed E-state index contributed by atoms with van der Waals surface area (Å²) >= 11 is 0. The zero-order chi connectivity index (χ0) is 22.4. The van der Waals surface area contributed by atoms with Crippen LogP contribution in [0.2, 0.25) is 0 Å². The fourth-order valence-electron chi connectivity index (χ4n) is 2.95. The van der Waals surface area contributed by atoms with Gasteiger partial charge >= 0.3 is 5.97 Å². The maximum atomic E-state index is 12.8. The van der Waals surface area contributed by atoms with Crippen LogP contribution < -0.4 is 11.1 Å². The molecular weight excluding hydrogens is 394 g/mol. The van der Waals surface area contributed by atoms with Crippen LogP contribution in [0.15, 0.2) is 72.8 Å². The number of anilines is 1. The third-order valence-corrected chi connectivity index (χ3v) is 4.57. The molecule has 3 aromatic carbocycles. The van der Waals surface area contributed by atoms with Crippen LogP contribution in [0.25, 0.3) is 11.1 Å². The standard InChI is InChI=1S/C24H19N3O4/c1-15(23(29)27-18-12-10-16(11-13-18)22(26)28)31-24(30)21-9-5-4-8-20(21)19-7-3-2-6-17(19)14-25/h2-13,15H,1H3,(H2,26,28)(H,27,29)/t15-/m0/s1. The van der Waals surface area contributed by atoms with Crippen LogP contribution in [0.3, 0.4) is 0 Å². The molecule has 0 aliphatic heterocycles. The Kier molecular flexibility index (Phi) is 6.43. The monoisotopic (exact) mass is 413 g/mol. The van der Waals surface area contributed by atoms with E-state index in [1.165, 1.54) is 31.2 Å². The summed E-state index contributed by atoms with van der Waals surface area (Å²) in [6.07, 6.45) is -1.08. The Morgan fingerprint density at radius 2 is 1.55 bits per heavy atom. The van der Waals surface area contributed by atoms with E-state index in [-0.39, 0.29) is 5.56 Å². The van der Waals surface area contributed by atoms with Gasteiger partial charge in [0.15, 0.2) is 6.10 Å². The average molecular weight is 413 g/mol. The highest BCUT2D eigenvalue weighted by Crippen LogP contribution is 2.27. The van der Waals surface area contributed by atoms with Crippen molar-refractivity contribution in [3.8, 4) is 17.2 Å². The molecule has 2 amide bonds. The Labute approximate surface area is 179 Å². The molecule has 0 radical (unpaired) electrons. The molecule has 0 heterocycles. The predicted molar refractivity (Wildman–Crippen MR) is 115 cm³/mol. The van der Waals surface area contributed by atoms with Crippen LogP contribution in [-0.4, -0.2) is 23.9 Å². The third kappa shape index (κ3) is 4.95. The lowest BCUT2D eigenvalue weighted by molar-refractivity contribution is -0.123. The van der Waals surface area contributed by atoms with Crippen molar-refractivity contribution in [2.24, 2.45) is 5.73 Å². The molecule has 31 heavy (non-hydrogen) atoms. The molecule has 7 nitrogen and oxygen atoms in total. The summed E-state index contributed by atoms with van der Waals surface area (Å²) in [4.78, 5) is 36.3. The van der Waals surface area contributed by atoms with Gasteiger partial charge in [0.1, 0.15) is 0 Å². The normalized spacial score (nSPS) is 11.1. The first-order valence-electron chi connectivity index (χ1n) is 9.41. The van der Waals surface area contributed by atoms with Crippen LogP contribution in [0.1, 0.15) is 33.2 Å². The summed E-state index contributed by atoms with van der Waals surface area (Å²) in [5, 5.41) is 12.0. The number of carbonyl (C=O) groups excluding carboxylic acids is 3. The second-order valence-corrected chi connectivity index (χ2v) is 6.68. The Hall–Kier alpha value is -4.44. The van der Waals surface area contributed by atoms with Gasteiger partial charge in [0, 0.05) is 16.8 Å². The van der Waals surface area contributed by atoms with E-state index < -0.39 is 23.9 Å². The van der Waals surface area contributed by atoms with Crippen LogP contribution in [0.4, 0.5) is 5.69 Å². The second kappa shape index (κ2) is 9.37. The van der Waals surface area contributed by atoms with Gasteiger partial charge in [-0.15, -0.1) is 0 Å². The van der Waals surface area contributed by atoms with E-state index in [0.29, 0.717) is 27.9 Å². The molecule has 0 aliphatic carbocycles. The van der Waals surface area contributed by atoms with Gasteiger partial charge in [-0.1, -0.05) is 36.4 Å². The fraction of sp³-hybridized carbons (Fsp3) is 0.0833. The van der Waals surface area contributed by atoms with Gasteiger partial charge in [0.25, 0.3) is 5.91 Å². The van der Waals surface area contributed by atoms with Gasteiger partial charge in [0.05, 0.1) is 17.2 Å².